The Labute approximate surface area is 216 Å². The van der Waals surface area contributed by atoms with Crippen molar-refractivity contribution >= 4 is 39.9 Å². The van der Waals surface area contributed by atoms with E-state index in [0.717, 1.165) is 30.3 Å². The van der Waals surface area contributed by atoms with Crippen LogP contribution in [0.15, 0.2) is 53.8 Å². The van der Waals surface area contributed by atoms with E-state index in [2.05, 4.69) is 20.4 Å². The number of halogens is 1. The number of aliphatic hydroxyl groups excluding tert-OH is 1. The Kier molecular flexibility index (Phi) is 5.02. The third kappa shape index (κ3) is 3.67. The molecule has 37 heavy (non-hydrogen) atoms. The van der Waals surface area contributed by atoms with Crippen LogP contribution in [0.3, 0.4) is 0 Å². The van der Waals surface area contributed by atoms with Gasteiger partial charge in [0.05, 0.1) is 24.5 Å². The van der Waals surface area contributed by atoms with Gasteiger partial charge in [0.2, 0.25) is 5.95 Å². The van der Waals surface area contributed by atoms with E-state index >= 15 is 0 Å². The van der Waals surface area contributed by atoms with Crippen LogP contribution in [0.2, 0.25) is 5.02 Å². The number of aliphatic hydroxyl groups is 1. The molecular weight excluding hydrogens is 494 g/mol. The zero-order valence-electron chi connectivity index (χ0n) is 20.0. The lowest BCUT2D eigenvalue weighted by molar-refractivity contribution is 0.0299. The van der Waals surface area contributed by atoms with Crippen molar-refractivity contribution in [3.05, 3.63) is 70.0 Å². The number of ether oxygens (including phenoxy) is 1. The van der Waals surface area contributed by atoms with Crippen LogP contribution in [0.25, 0.3) is 16.7 Å². The van der Waals surface area contributed by atoms with Crippen LogP contribution < -0.4 is 15.6 Å². The number of aromatic nitrogens is 6. The minimum absolute atomic E-state index is 0.184. The molecule has 11 heteroatoms. The maximum absolute atomic E-state index is 13.4. The molecule has 0 aromatic carbocycles. The quantitative estimate of drug-likeness (QED) is 0.340. The molecule has 2 saturated carbocycles. The molecule has 5 aromatic heterocycles. The highest BCUT2D eigenvalue weighted by Crippen LogP contribution is 2.42. The Morgan fingerprint density at radius 1 is 1.16 bits per heavy atom. The van der Waals surface area contributed by atoms with E-state index in [9.17, 15) is 9.90 Å². The molecule has 2 aliphatic carbocycles. The molecule has 2 fully saturated rings. The smallest absolute Gasteiger partial charge is 0.274 e. The van der Waals surface area contributed by atoms with E-state index in [1.807, 2.05) is 43.7 Å². The highest BCUT2D eigenvalue weighted by molar-refractivity contribution is 6.36. The van der Waals surface area contributed by atoms with Gasteiger partial charge in [0.1, 0.15) is 21.7 Å². The topological polar surface area (TPSA) is 112 Å². The fourth-order valence-corrected chi connectivity index (χ4v) is 5.21. The van der Waals surface area contributed by atoms with Crippen LogP contribution in [-0.2, 0) is 7.05 Å². The second-order valence-electron chi connectivity index (χ2n) is 9.76. The summed E-state index contributed by atoms with van der Waals surface area (Å²) in [4.78, 5) is 22.4. The molecule has 0 radical (unpaired) electrons. The number of nitrogens with one attached hydrogen (secondary N) is 1. The van der Waals surface area contributed by atoms with Crippen molar-refractivity contribution in [2.45, 2.75) is 43.7 Å². The van der Waals surface area contributed by atoms with Gasteiger partial charge in [-0.3, -0.25) is 4.79 Å². The van der Waals surface area contributed by atoms with Crippen LogP contribution in [0.4, 0.5) is 11.6 Å². The summed E-state index contributed by atoms with van der Waals surface area (Å²) in [6, 6.07) is 7.40. The summed E-state index contributed by atoms with van der Waals surface area (Å²) in [5, 5.41) is 18.1. The van der Waals surface area contributed by atoms with Gasteiger partial charge in [-0.25, -0.2) is 9.50 Å². The molecule has 0 saturated heterocycles. The number of nitrogens with zero attached hydrogens (tertiary/aromatic N) is 6. The summed E-state index contributed by atoms with van der Waals surface area (Å²) in [5.74, 6) is 1.81. The lowest BCUT2D eigenvalue weighted by atomic mass is 9.88. The van der Waals surface area contributed by atoms with Crippen LogP contribution in [-0.4, -0.2) is 39.9 Å². The molecule has 10 nitrogen and oxygen atoms in total. The molecule has 188 valence electrons. The van der Waals surface area contributed by atoms with Crippen molar-refractivity contribution in [1.82, 2.24) is 28.7 Å². The van der Waals surface area contributed by atoms with E-state index < -0.39 is 6.10 Å². The van der Waals surface area contributed by atoms with E-state index in [-0.39, 0.29) is 11.6 Å². The lowest BCUT2D eigenvalue weighted by Gasteiger charge is -2.34. The molecule has 2 N–H and O–H groups in total. The van der Waals surface area contributed by atoms with E-state index in [1.54, 1.807) is 19.8 Å². The molecule has 2 aliphatic rings. The molecule has 7 rings (SSSR count). The monoisotopic (exact) mass is 517 g/mol. The van der Waals surface area contributed by atoms with E-state index in [4.69, 9.17) is 16.3 Å². The molecule has 0 amide bonds. The summed E-state index contributed by atoms with van der Waals surface area (Å²) in [7, 11) is 1.81. The third-order valence-electron chi connectivity index (χ3n) is 7.34. The van der Waals surface area contributed by atoms with Crippen LogP contribution in [0, 0.1) is 0 Å². The average Bonchev–Trinajstić information content (AvgIpc) is 3.59. The predicted octanol–water partition coefficient (Wildman–Crippen LogP) is 4.54. The van der Waals surface area contributed by atoms with Gasteiger partial charge in [-0.05, 0) is 55.4 Å². The molecule has 0 spiro atoms. The van der Waals surface area contributed by atoms with Crippen molar-refractivity contribution in [3.63, 3.8) is 0 Å². The maximum Gasteiger partial charge on any atom is 0.274 e. The number of fused-ring (bicyclic) bond motifs is 2. The number of pyridine rings is 3. The van der Waals surface area contributed by atoms with Crippen LogP contribution in [0.5, 0.6) is 11.5 Å². The van der Waals surface area contributed by atoms with Crippen molar-refractivity contribution in [2.24, 2.45) is 7.05 Å². The molecule has 2 atom stereocenters. The van der Waals surface area contributed by atoms with Gasteiger partial charge in [-0.2, -0.15) is 10.1 Å². The molecule has 0 unspecified atom stereocenters. The van der Waals surface area contributed by atoms with E-state index in [0.29, 0.717) is 51.7 Å². The first kappa shape index (κ1) is 22.3. The first-order valence-corrected chi connectivity index (χ1v) is 12.7. The van der Waals surface area contributed by atoms with Crippen LogP contribution in [0.1, 0.15) is 43.2 Å². The number of anilines is 2. The van der Waals surface area contributed by atoms with Crippen molar-refractivity contribution in [1.29, 1.82) is 0 Å². The van der Waals surface area contributed by atoms with Crippen molar-refractivity contribution < 1.29 is 9.84 Å². The number of hydrogen-bond acceptors (Lipinski definition) is 7. The first-order chi connectivity index (χ1) is 18.0. The van der Waals surface area contributed by atoms with Gasteiger partial charge < -0.3 is 24.3 Å². The number of imidazole rings is 1. The summed E-state index contributed by atoms with van der Waals surface area (Å²) in [6.45, 7) is 0. The molecule has 0 bridgehead atoms. The molecule has 5 aromatic rings. The Bertz CT molecular complexity index is 1740. The summed E-state index contributed by atoms with van der Waals surface area (Å²) >= 11 is 6.77. The standard InChI is InChI=1S/C26H24ClN7O3/c1-32-23-22(27)21(37-20-12-29-34-9-3-2-4-18(20)34)11-28-24(23)31-26(32)30-16-10-15(14-5-6-14)13-33(25(16)36)17-7-8-19(17)35/h2-4,9-14,17,19,35H,5-8H2,1H3,(H,28,30,31)/t17-,19+/m1/s1. The Morgan fingerprint density at radius 3 is 2.78 bits per heavy atom. The second-order valence-corrected chi connectivity index (χ2v) is 10.1. The van der Waals surface area contributed by atoms with Gasteiger partial charge in [-0.15, -0.1) is 0 Å². The van der Waals surface area contributed by atoms with Crippen molar-refractivity contribution in [2.75, 3.05) is 5.32 Å². The second kappa shape index (κ2) is 8.32. The SMILES string of the molecule is Cn1c(Nc2cc(C3CC3)cn([C@@H]3CC[C@@H]3O)c2=O)nc2ncc(Oc3cnn4ccccc34)c(Cl)c21. The predicted molar refractivity (Wildman–Crippen MR) is 139 cm³/mol. The van der Waals surface area contributed by atoms with Crippen molar-refractivity contribution in [3.8, 4) is 11.5 Å². The Morgan fingerprint density at radius 2 is 2.03 bits per heavy atom. The van der Waals surface area contributed by atoms with Gasteiger partial charge >= 0.3 is 0 Å². The average molecular weight is 518 g/mol. The highest BCUT2D eigenvalue weighted by Gasteiger charge is 2.33. The van der Waals surface area contributed by atoms with Gasteiger partial charge in [0.15, 0.2) is 17.1 Å². The van der Waals surface area contributed by atoms with Gasteiger partial charge in [0.25, 0.3) is 5.56 Å². The summed E-state index contributed by atoms with van der Waals surface area (Å²) in [5.41, 5.74) is 3.13. The number of hydrogen-bond donors (Lipinski definition) is 2. The Hall–Kier alpha value is -3.89. The largest absolute Gasteiger partial charge is 0.450 e. The molecule has 5 heterocycles. The highest BCUT2D eigenvalue weighted by atomic mass is 35.5. The van der Waals surface area contributed by atoms with E-state index in [1.165, 1.54) is 6.20 Å². The normalized spacial score (nSPS) is 19.3. The maximum atomic E-state index is 13.4. The van der Waals surface area contributed by atoms with Crippen LogP contribution >= 0.6 is 11.6 Å². The fraction of sp³-hybridized carbons (Fsp3) is 0.308. The molecular formula is C26H24ClN7O3. The minimum Gasteiger partial charge on any atom is -0.450 e. The number of aryl methyl sites for hydroxylation is 1. The minimum atomic E-state index is -0.495. The Balaban J connectivity index is 1.26. The zero-order chi connectivity index (χ0) is 25.3. The third-order valence-corrected chi connectivity index (χ3v) is 7.70. The first-order valence-electron chi connectivity index (χ1n) is 12.3. The fourth-order valence-electron chi connectivity index (χ4n) is 4.91. The van der Waals surface area contributed by atoms with Gasteiger partial charge in [-0.1, -0.05) is 17.7 Å². The van der Waals surface area contributed by atoms with Gasteiger partial charge in [0, 0.05) is 19.4 Å². The lowest BCUT2D eigenvalue weighted by Crippen LogP contribution is -2.39. The molecule has 0 aliphatic heterocycles. The number of rotatable bonds is 6. The summed E-state index contributed by atoms with van der Waals surface area (Å²) in [6.07, 6.45) is 10.1. The zero-order valence-corrected chi connectivity index (χ0v) is 20.8. The summed E-state index contributed by atoms with van der Waals surface area (Å²) < 4.78 is 11.2.